The Hall–Kier alpha value is -5.30. The topological polar surface area (TPSA) is 132 Å². The second-order valence-corrected chi connectivity index (χ2v) is 11.9. The fourth-order valence-electron chi connectivity index (χ4n) is 4.76. The van der Waals surface area contributed by atoms with Gasteiger partial charge >= 0.3 is 6.09 Å². The minimum atomic E-state index is -1.11. The number of non-ortho nitro benzene ring substituents is 1. The van der Waals surface area contributed by atoms with Crippen molar-refractivity contribution in [3.05, 3.63) is 111 Å². The fraction of sp³-hybridized carbons (Fsp3) is 0.219. The molecule has 46 heavy (non-hydrogen) atoms. The van der Waals surface area contributed by atoms with Gasteiger partial charge in [0.1, 0.15) is 40.6 Å². The highest BCUT2D eigenvalue weighted by Gasteiger charge is 2.31. The Labute approximate surface area is 267 Å². The van der Waals surface area contributed by atoms with E-state index in [1.807, 2.05) is 0 Å². The van der Waals surface area contributed by atoms with Crippen molar-refractivity contribution in [3.8, 4) is 11.3 Å². The molecule has 0 fully saturated rings. The number of rotatable bonds is 8. The molecule has 0 spiro atoms. The highest BCUT2D eigenvalue weighted by Crippen LogP contribution is 2.34. The fourth-order valence-corrected chi connectivity index (χ4v) is 4.88. The maximum Gasteiger partial charge on any atom is 0.408 e. The standard InChI is InChI=1S/C32H29ClF2N6O5/c1-32(2,3)46-31(43)37-26(15-19-7-10-23(11-8-19)41(44)45)30(42)39-13-14-40-27(18-39)38-28(20-5-4-6-21(34)16-20)29(40)36-22-9-12-24(33)25(35)17-22/h4-14,16-17,26,36H,15,18H2,1-3H3,(H,37,43). The van der Waals surface area contributed by atoms with Crippen LogP contribution >= 0.6 is 11.6 Å². The van der Waals surface area contributed by atoms with Crippen LogP contribution in [-0.4, -0.2) is 43.0 Å². The Morgan fingerprint density at radius 3 is 2.48 bits per heavy atom. The second-order valence-electron chi connectivity index (χ2n) is 11.5. The third kappa shape index (κ3) is 7.49. The summed E-state index contributed by atoms with van der Waals surface area (Å²) in [5.74, 6) is -0.850. The molecule has 0 bridgehead atoms. The zero-order chi connectivity index (χ0) is 33.2. The van der Waals surface area contributed by atoms with Crippen LogP contribution in [0.5, 0.6) is 0 Å². The molecule has 0 saturated carbocycles. The number of carbonyl (C=O) groups is 2. The zero-order valence-corrected chi connectivity index (χ0v) is 25.7. The van der Waals surface area contributed by atoms with Crippen LogP contribution in [-0.2, 0) is 22.5 Å². The largest absolute Gasteiger partial charge is 0.444 e. The summed E-state index contributed by atoms with van der Waals surface area (Å²) in [7, 11) is 0. The first-order valence-electron chi connectivity index (χ1n) is 14.1. The van der Waals surface area contributed by atoms with Gasteiger partial charge in [0.2, 0.25) is 5.91 Å². The molecule has 3 aromatic carbocycles. The normalized spacial score (nSPS) is 13.1. The van der Waals surface area contributed by atoms with Gasteiger partial charge in [0.05, 0.1) is 16.5 Å². The number of hydrogen-bond donors (Lipinski definition) is 2. The maximum absolute atomic E-state index is 14.3. The molecule has 1 unspecified atom stereocenters. The second kappa shape index (κ2) is 13.0. The number of amides is 2. The van der Waals surface area contributed by atoms with Crippen LogP contribution in [0.4, 0.5) is 30.8 Å². The van der Waals surface area contributed by atoms with Gasteiger partial charge in [-0.15, -0.1) is 0 Å². The molecule has 0 aliphatic carbocycles. The van der Waals surface area contributed by atoms with Crippen LogP contribution in [0.25, 0.3) is 17.5 Å². The van der Waals surface area contributed by atoms with Gasteiger partial charge in [-0.3, -0.25) is 19.5 Å². The van der Waals surface area contributed by atoms with Gasteiger partial charge in [-0.05, 0) is 56.7 Å². The van der Waals surface area contributed by atoms with E-state index in [9.17, 15) is 28.5 Å². The summed E-state index contributed by atoms with van der Waals surface area (Å²) in [6.07, 6.45) is 2.26. The van der Waals surface area contributed by atoms with Crippen molar-refractivity contribution in [1.82, 2.24) is 19.8 Å². The predicted molar refractivity (Wildman–Crippen MR) is 168 cm³/mol. The molecule has 14 heteroatoms. The number of imidazole rings is 1. The highest BCUT2D eigenvalue weighted by atomic mass is 35.5. The summed E-state index contributed by atoms with van der Waals surface area (Å²) in [6.45, 7) is 5.02. The number of nitro groups is 1. The molecule has 4 aromatic rings. The van der Waals surface area contributed by atoms with Gasteiger partial charge in [-0.2, -0.15) is 0 Å². The molecule has 1 aliphatic heterocycles. The SMILES string of the molecule is CC(C)(C)OC(=O)NC(Cc1ccc([N+](=O)[O-])cc1)C(=O)N1C=Cn2c(nc(-c3cccc(F)c3)c2Nc2ccc(Cl)c(F)c2)C1. The average Bonchev–Trinajstić information content (AvgIpc) is 3.35. The van der Waals surface area contributed by atoms with Crippen molar-refractivity contribution in [3.63, 3.8) is 0 Å². The first kappa shape index (κ1) is 32.1. The Morgan fingerprint density at radius 1 is 1.09 bits per heavy atom. The Balaban J connectivity index is 1.46. The summed E-state index contributed by atoms with van der Waals surface area (Å²) < 4.78 is 35.5. The summed E-state index contributed by atoms with van der Waals surface area (Å²) in [5, 5.41) is 16.8. The number of fused-ring (bicyclic) bond motifs is 1. The third-order valence-corrected chi connectivity index (χ3v) is 7.14. The number of anilines is 2. The first-order valence-corrected chi connectivity index (χ1v) is 14.5. The smallest absolute Gasteiger partial charge is 0.408 e. The van der Waals surface area contributed by atoms with Crippen LogP contribution in [0.2, 0.25) is 5.02 Å². The molecule has 2 amide bonds. The molecule has 238 valence electrons. The van der Waals surface area contributed by atoms with Crippen molar-refractivity contribution in [2.75, 3.05) is 5.32 Å². The van der Waals surface area contributed by atoms with Gasteiger partial charge in [-0.25, -0.2) is 18.6 Å². The molecule has 5 rings (SSSR count). The Bertz CT molecular complexity index is 1840. The van der Waals surface area contributed by atoms with E-state index in [0.717, 1.165) is 0 Å². The summed E-state index contributed by atoms with van der Waals surface area (Å²) in [6, 6.07) is 14.5. The molecule has 1 aromatic heterocycles. The van der Waals surface area contributed by atoms with Crippen molar-refractivity contribution in [2.45, 2.75) is 45.4 Å². The average molecular weight is 651 g/mol. The predicted octanol–water partition coefficient (Wildman–Crippen LogP) is 7.04. The molecule has 2 N–H and O–H groups in total. The monoisotopic (exact) mass is 650 g/mol. The van der Waals surface area contributed by atoms with Crippen LogP contribution in [0.3, 0.4) is 0 Å². The summed E-state index contributed by atoms with van der Waals surface area (Å²) in [4.78, 5) is 43.3. The van der Waals surface area contributed by atoms with E-state index in [-0.39, 0.29) is 23.7 Å². The van der Waals surface area contributed by atoms with E-state index in [1.54, 1.807) is 43.7 Å². The van der Waals surface area contributed by atoms with E-state index in [2.05, 4.69) is 10.6 Å². The van der Waals surface area contributed by atoms with E-state index in [0.29, 0.717) is 34.2 Å². The van der Waals surface area contributed by atoms with E-state index >= 15 is 0 Å². The molecule has 11 nitrogen and oxygen atoms in total. The van der Waals surface area contributed by atoms with Crippen molar-refractivity contribution < 1.29 is 28.0 Å². The number of nitrogens with zero attached hydrogens (tertiary/aromatic N) is 4. The molecule has 1 atom stereocenters. The number of benzene rings is 3. The lowest BCUT2D eigenvalue weighted by Gasteiger charge is -2.28. The third-order valence-electron chi connectivity index (χ3n) is 6.83. The molecule has 1 aliphatic rings. The van der Waals surface area contributed by atoms with Gasteiger partial charge < -0.3 is 20.3 Å². The number of halogens is 3. The van der Waals surface area contributed by atoms with Crippen LogP contribution in [0.15, 0.2) is 72.9 Å². The van der Waals surface area contributed by atoms with Gasteiger partial charge in [0.25, 0.3) is 5.69 Å². The number of hydrogen-bond acceptors (Lipinski definition) is 7. The van der Waals surface area contributed by atoms with Crippen LogP contribution in [0.1, 0.15) is 32.2 Å². The van der Waals surface area contributed by atoms with Crippen molar-refractivity contribution >= 4 is 47.0 Å². The van der Waals surface area contributed by atoms with Gasteiger partial charge in [0, 0.05) is 42.2 Å². The highest BCUT2D eigenvalue weighted by molar-refractivity contribution is 6.30. The molecule has 0 saturated heterocycles. The van der Waals surface area contributed by atoms with E-state index < -0.39 is 40.2 Å². The van der Waals surface area contributed by atoms with E-state index in [1.165, 1.54) is 65.7 Å². The number of aromatic nitrogens is 2. The number of carbonyl (C=O) groups excluding carboxylic acids is 2. The number of alkyl carbamates (subject to hydrolysis) is 1. The molecule has 0 radical (unpaired) electrons. The first-order chi connectivity index (χ1) is 21.8. The van der Waals surface area contributed by atoms with E-state index in [4.69, 9.17) is 21.3 Å². The number of nitro benzene ring substituents is 1. The van der Waals surface area contributed by atoms with Crippen molar-refractivity contribution in [1.29, 1.82) is 0 Å². The molecular weight excluding hydrogens is 622 g/mol. The maximum atomic E-state index is 14.3. The minimum Gasteiger partial charge on any atom is -0.444 e. The Kier molecular flexibility index (Phi) is 9.05. The number of nitrogens with one attached hydrogen (secondary N) is 2. The summed E-state index contributed by atoms with van der Waals surface area (Å²) >= 11 is 5.86. The summed E-state index contributed by atoms with van der Waals surface area (Å²) in [5.41, 5.74) is 0.768. The quantitative estimate of drug-likeness (QED) is 0.154. The lowest BCUT2D eigenvalue weighted by molar-refractivity contribution is -0.384. The Morgan fingerprint density at radius 2 is 1.83 bits per heavy atom. The van der Waals surface area contributed by atoms with Crippen molar-refractivity contribution in [2.24, 2.45) is 0 Å². The van der Waals surface area contributed by atoms with Crippen LogP contribution in [0, 0.1) is 21.7 Å². The number of ether oxygens (including phenoxy) is 1. The molecular formula is C32H29ClF2N6O5. The lowest BCUT2D eigenvalue weighted by Crippen LogP contribution is -2.49. The lowest BCUT2D eigenvalue weighted by atomic mass is 10.0. The van der Waals surface area contributed by atoms with Crippen LogP contribution < -0.4 is 10.6 Å². The minimum absolute atomic E-state index is 0.0122. The van der Waals surface area contributed by atoms with Gasteiger partial charge in [-0.1, -0.05) is 35.9 Å². The zero-order valence-electron chi connectivity index (χ0n) is 25.0. The van der Waals surface area contributed by atoms with Gasteiger partial charge in [0.15, 0.2) is 0 Å². The molecule has 2 heterocycles.